The van der Waals surface area contributed by atoms with Gasteiger partial charge in [0.1, 0.15) is 11.4 Å². The molecule has 0 spiro atoms. The zero-order chi connectivity index (χ0) is 23.9. The smallest absolute Gasteiger partial charge is 0.270 e. The van der Waals surface area contributed by atoms with Gasteiger partial charge in [0.25, 0.3) is 11.8 Å². The number of anilines is 1. The molecule has 0 atom stereocenters. The summed E-state index contributed by atoms with van der Waals surface area (Å²) in [5.74, 6) is -1.81. The number of aryl methyl sites for hydroxylation is 2. The van der Waals surface area contributed by atoms with E-state index < -0.39 is 17.6 Å². The third-order valence-corrected chi connectivity index (χ3v) is 6.21. The molecule has 4 rings (SSSR count). The van der Waals surface area contributed by atoms with Gasteiger partial charge in [-0.3, -0.25) is 19.8 Å². The van der Waals surface area contributed by atoms with Crippen molar-refractivity contribution >= 4 is 52.5 Å². The molecule has 33 heavy (non-hydrogen) atoms. The fourth-order valence-corrected chi connectivity index (χ4v) is 4.34. The second kappa shape index (κ2) is 8.92. The minimum atomic E-state index is -0.616. The molecule has 0 aliphatic carbocycles. The van der Waals surface area contributed by atoms with Crippen LogP contribution in [0.25, 0.3) is 11.8 Å². The van der Waals surface area contributed by atoms with Gasteiger partial charge in [0.15, 0.2) is 5.11 Å². The van der Waals surface area contributed by atoms with E-state index in [4.69, 9.17) is 23.8 Å². The maximum atomic E-state index is 13.6. The van der Waals surface area contributed by atoms with Crippen molar-refractivity contribution < 1.29 is 14.0 Å². The van der Waals surface area contributed by atoms with Gasteiger partial charge in [0, 0.05) is 17.1 Å². The molecule has 168 valence electrons. The van der Waals surface area contributed by atoms with Crippen LogP contribution in [0.1, 0.15) is 29.4 Å². The average Bonchev–Trinajstić information content (AvgIpc) is 3.06. The first-order valence-electron chi connectivity index (χ1n) is 10.4. The molecule has 8 heteroatoms. The summed E-state index contributed by atoms with van der Waals surface area (Å²) in [6.45, 7) is 6.00. The van der Waals surface area contributed by atoms with Gasteiger partial charge >= 0.3 is 0 Å². The Morgan fingerprint density at radius 1 is 1.06 bits per heavy atom. The van der Waals surface area contributed by atoms with Crippen molar-refractivity contribution in [3.63, 3.8) is 0 Å². The fraction of sp³-hybridized carbons (Fsp3) is 0.160. The third kappa shape index (κ3) is 4.21. The normalized spacial score (nSPS) is 15.4. The molecule has 5 nitrogen and oxygen atoms in total. The summed E-state index contributed by atoms with van der Waals surface area (Å²) in [7, 11) is 0. The highest BCUT2D eigenvalue weighted by Crippen LogP contribution is 2.28. The Labute approximate surface area is 201 Å². The number of carbonyl (C=O) groups is 2. The Bertz CT molecular complexity index is 1330. The van der Waals surface area contributed by atoms with Crippen molar-refractivity contribution in [3.05, 3.63) is 87.5 Å². The van der Waals surface area contributed by atoms with Crippen LogP contribution in [0, 0.1) is 19.7 Å². The molecular weight excluding hydrogens is 461 g/mol. The summed E-state index contributed by atoms with van der Waals surface area (Å²) in [5, 5.41) is 2.29. The van der Waals surface area contributed by atoms with E-state index in [0.717, 1.165) is 40.0 Å². The van der Waals surface area contributed by atoms with Crippen molar-refractivity contribution in [1.29, 1.82) is 0 Å². The lowest BCUT2D eigenvalue weighted by Gasteiger charge is -2.29. The summed E-state index contributed by atoms with van der Waals surface area (Å²) in [5.41, 5.74) is 5.00. The number of aromatic nitrogens is 1. The third-order valence-electron chi connectivity index (χ3n) is 5.64. The molecule has 0 bridgehead atoms. The van der Waals surface area contributed by atoms with E-state index >= 15 is 0 Å². The van der Waals surface area contributed by atoms with Crippen molar-refractivity contribution in [3.8, 4) is 5.69 Å². The molecule has 0 unspecified atom stereocenters. The molecule has 1 aromatic heterocycles. The number of benzene rings is 2. The zero-order valence-corrected chi connectivity index (χ0v) is 19.9. The number of carbonyl (C=O) groups excluding carboxylic acids is 2. The van der Waals surface area contributed by atoms with E-state index in [1.54, 1.807) is 6.08 Å². The van der Waals surface area contributed by atoms with Gasteiger partial charge in [-0.1, -0.05) is 30.7 Å². The predicted octanol–water partition coefficient (Wildman–Crippen LogP) is 5.28. The van der Waals surface area contributed by atoms with Crippen molar-refractivity contribution in [1.82, 2.24) is 9.88 Å². The van der Waals surface area contributed by atoms with Gasteiger partial charge in [0.05, 0.1) is 10.7 Å². The Kier molecular flexibility index (Phi) is 6.19. The molecule has 1 aliphatic rings. The predicted molar refractivity (Wildman–Crippen MR) is 132 cm³/mol. The lowest BCUT2D eigenvalue weighted by Crippen LogP contribution is -2.54. The second-order valence-electron chi connectivity index (χ2n) is 7.74. The highest BCUT2D eigenvalue weighted by molar-refractivity contribution is 7.80. The lowest BCUT2D eigenvalue weighted by molar-refractivity contribution is -0.122. The highest BCUT2D eigenvalue weighted by Gasteiger charge is 2.35. The quantitative estimate of drug-likeness (QED) is 0.313. The van der Waals surface area contributed by atoms with Gasteiger partial charge in [-0.15, -0.1) is 0 Å². The van der Waals surface area contributed by atoms with Crippen LogP contribution in [-0.4, -0.2) is 21.5 Å². The first kappa shape index (κ1) is 22.9. The summed E-state index contributed by atoms with van der Waals surface area (Å²) < 4.78 is 15.7. The largest absolute Gasteiger partial charge is 0.318 e. The summed E-state index contributed by atoms with van der Waals surface area (Å²) in [6, 6.07) is 14.0. The summed E-state index contributed by atoms with van der Waals surface area (Å²) in [6.07, 6.45) is 2.51. The van der Waals surface area contributed by atoms with Gasteiger partial charge < -0.3 is 4.57 Å². The number of nitrogens with zero attached hydrogens (tertiary/aromatic N) is 2. The Morgan fingerprint density at radius 3 is 2.36 bits per heavy atom. The van der Waals surface area contributed by atoms with Crippen molar-refractivity contribution in [2.75, 3.05) is 4.90 Å². The number of amides is 2. The first-order chi connectivity index (χ1) is 15.7. The second-order valence-corrected chi connectivity index (χ2v) is 8.53. The maximum absolute atomic E-state index is 13.6. The summed E-state index contributed by atoms with van der Waals surface area (Å²) in [4.78, 5) is 27.0. The molecule has 1 fully saturated rings. The Hall–Kier alpha value is -3.29. The Balaban J connectivity index is 1.74. The fourth-order valence-electron chi connectivity index (χ4n) is 3.88. The minimum absolute atomic E-state index is 0.0781. The molecule has 0 saturated carbocycles. The van der Waals surface area contributed by atoms with Gasteiger partial charge in [-0.2, -0.15) is 0 Å². The van der Waals surface area contributed by atoms with Crippen molar-refractivity contribution in [2.45, 2.75) is 27.2 Å². The minimum Gasteiger partial charge on any atom is -0.318 e. The lowest BCUT2D eigenvalue weighted by atomic mass is 10.1. The maximum Gasteiger partial charge on any atom is 0.270 e. The van der Waals surface area contributed by atoms with E-state index in [1.165, 1.54) is 17.7 Å². The number of rotatable bonds is 4. The van der Waals surface area contributed by atoms with Crippen LogP contribution >= 0.6 is 23.8 Å². The molecule has 1 saturated heterocycles. The van der Waals surface area contributed by atoms with Crippen LogP contribution in [0.2, 0.25) is 5.02 Å². The molecule has 1 aliphatic heterocycles. The Morgan fingerprint density at radius 2 is 1.73 bits per heavy atom. The zero-order valence-electron chi connectivity index (χ0n) is 18.3. The van der Waals surface area contributed by atoms with E-state index in [9.17, 15) is 14.0 Å². The van der Waals surface area contributed by atoms with E-state index in [2.05, 4.69) is 28.9 Å². The topological polar surface area (TPSA) is 54.3 Å². The number of nitrogens with one attached hydrogen (secondary N) is 1. The first-order valence-corrected chi connectivity index (χ1v) is 11.1. The van der Waals surface area contributed by atoms with E-state index in [1.807, 2.05) is 32.0 Å². The average molecular weight is 482 g/mol. The molecule has 1 N–H and O–H groups in total. The van der Waals surface area contributed by atoms with Gasteiger partial charge in [-0.05, 0) is 86.1 Å². The number of hydrogen-bond donors (Lipinski definition) is 1. The van der Waals surface area contributed by atoms with Crippen molar-refractivity contribution in [2.24, 2.45) is 0 Å². The molecule has 2 aromatic carbocycles. The van der Waals surface area contributed by atoms with Gasteiger partial charge in [-0.25, -0.2) is 4.39 Å². The van der Waals surface area contributed by atoms with Crippen LogP contribution in [0.15, 0.2) is 54.1 Å². The molecule has 3 aromatic rings. The highest BCUT2D eigenvalue weighted by atomic mass is 35.5. The van der Waals surface area contributed by atoms with Gasteiger partial charge in [0.2, 0.25) is 0 Å². The number of thiocarbonyl (C=S) groups is 1. The number of halogens is 2. The van der Waals surface area contributed by atoms with Crippen LogP contribution in [0.3, 0.4) is 0 Å². The summed E-state index contributed by atoms with van der Waals surface area (Å²) >= 11 is 11.1. The molecule has 0 radical (unpaired) electrons. The molecule has 2 heterocycles. The van der Waals surface area contributed by atoms with Crippen LogP contribution in [-0.2, 0) is 16.0 Å². The SMILES string of the molecule is CCc1ccc(-n2c(C)cc(/C=C3\C(=O)NC(=S)N(c4ccc(F)c(Cl)c4)C3=O)c2C)cc1. The molecule has 2 amide bonds. The van der Waals surface area contributed by atoms with Crippen LogP contribution < -0.4 is 10.2 Å². The van der Waals surface area contributed by atoms with E-state index in [-0.39, 0.29) is 21.4 Å². The number of hydrogen-bond acceptors (Lipinski definition) is 3. The van der Waals surface area contributed by atoms with E-state index in [0.29, 0.717) is 0 Å². The molecular formula is C25H21ClFN3O2S. The monoisotopic (exact) mass is 481 g/mol. The standard InChI is InChI=1S/C25H21ClFN3O2S/c1-4-16-5-7-18(8-6-16)29-14(2)11-17(15(29)3)12-20-23(31)28-25(33)30(24(20)32)19-9-10-22(27)21(26)13-19/h5-13H,4H2,1-3H3,(H,28,31,33)/b20-12+. The van der Waals surface area contributed by atoms with Crippen LogP contribution in [0.4, 0.5) is 10.1 Å². The van der Waals surface area contributed by atoms with Crippen LogP contribution in [0.5, 0.6) is 0 Å².